The highest BCUT2D eigenvalue weighted by Crippen LogP contribution is 2.23. The van der Waals surface area contributed by atoms with E-state index in [1.807, 2.05) is 50.2 Å². The molecule has 0 aliphatic carbocycles. The normalized spacial score (nSPS) is 10.4. The summed E-state index contributed by atoms with van der Waals surface area (Å²) in [5, 5.41) is 0. The molecule has 0 bridgehead atoms. The van der Waals surface area contributed by atoms with E-state index >= 15 is 0 Å². The fourth-order valence-electron chi connectivity index (χ4n) is 2.64. The van der Waals surface area contributed by atoms with E-state index < -0.39 is 0 Å². The second kappa shape index (κ2) is 12.1. The zero-order chi connectivity index (χ0) is 19.3. The minimum atomic E-state index is -0.383. The first-order valence-corrected chi connectivity index (χ1v) is 9.75. The summed E-state index contributed by atoms with van der Waals surface area (Å²) in [6, 6.07) is 28.8. The summed E-state index contributed by atoms with van der Waals surface area (Å²) < 4.78 is 12.2. The zero-order valence-corrected chi connectivity index (χ0v) is 16.6. The number of hydrogen-bond acceptors (Lipinski definition) is 2. The maximum Gasteiger partial charge on any atom is 0.184 e. The van der Waals surface area contributed by atoms with Crippen molar-refractivity contribution in [2.75, 3.05) is 0 Å². The molecule has 0 aromatic heterocycles. The molecule has 3 aromatic rings. The van der Waals surface area contributed by atoms with Gasteiger partial charge in [-0.25, -0.2) is 0 Å². The van der Waals surface area contributed by atoms with E-state index in [-0.39, 0.29) is 6.29 Å². The quantitative estimate of drug-likeness (QED) is 0.415. The maximum atomic E-state index is 6.09. The van der Waals surface area contributed by atoms with Crippen LogP contribution < -0.4 is 0 Å². The topological polar surface area (TPSA) is 18.5 Å². The number of benzene rings is 3. The monoisotopic (exact) mass is 362 g/mol. The predicted octanol–water partition coefficient (Wildman–Crippen LogP) is 6.71. The van der Waals surface area contributed by atoms with Gasteiger partial charge in [-0.3, -0.25) is 0 Å². The molecular weight excluding hydrogens is 332 g/mol. The Balaban J connectivity index is 0.00000126. The average Bonchev–Trinajstić information content (AvgIpc) is 2.77. The summed E-state index contributed by atoms with van der Waals surface area (Å²) in [4.78, 5) is 0. The second-order valence-corrected chi connectivity index (χ2v) is 6.02. The molecule has 0 amide bonds. The fourth-order valence-corrected chi connectivity index (χ4v) is 2.64. The van der Waals surface area contributed by atoms with Crippen LogP contribution in [0.4, 0.5) is 0 Å². The Hall–Kier alpha value is -2.42. The van der Waals surface area contributed by atoms with E-state index in [1.54, 1.807) is 0 Å². The van der Waals surface area contributed by atoms with Gasteiger partial charge in [-0.2, -0.15) is 0 Å². The molecule has 0 spiro atoms. The van der Waals surface area contributed by atoms with Gasteiger partial charge in [0, 0.05) is 5.56 Å². The lowest BCUT2D eigenvalue weighted by Crippen LogP contribution is -2.09. The molecular formula is C25H30O2. The zero-order valence-electron chi connectivity index (χ0n) is 16.6. The molecule has 3 rings (SSSR count). The van der Waals surface area contributed by atoms with Crippen molar-refractivity contribution < 1.29 is 9.47 Å². The van der Waals surface area contributed by atoms with Gasteiger partial charge in [0.05, 0.1) is 13.2 Å². The largest absolute Gasteiger partial charge is 0.344 e. The number of ether oxygens (including phenoxy) is 2. The van der Waals surface area contributed by atoms with Crippen LogP contribution in [0.5, 0.6) is 0 Å². The van der Waals surface area contributed by atoms with E-state index in [4.69, 9.17) is 9.47 Å². The third-order valence-corrected chi connectivity index (χ3v) is 4.15. The van der Waals surface area contributed by atoms with E-state index in [0.29, 0.717) is 13.2 Å². The predicted molar refractivity (Wildman–Crippen MR) is 112 cm³/mol. The van der Waals surface area contributed by atoms with Gasteiger partial charge < -0.3 is 9.47 Å². The lowest BCUT2D eigenvalue weighted by atomic mass is 10.1. The van der Waals surface area contributed by atoms with E-state index in [0.717, 1.165) is 23.1 Å². The third kappa shape index (κ3) is 7.01. The van der Waals surface area contributed by atoms with Gasteiger partial charge in [0.25, 0.3) is 0 Å². The van der Waals surface area contributed by atoms with Gasteiger partial charge in [-0.05, 0) is 23.1 Å². The van der Waals surface area contributed by atoms with Gasteiger partial charge in [0.2, 0.25) is 0 Å². The number of rotatable bonds is 8. The van der Waals surface area contributed by atoms with Crippen LogP contribution in [-0.4, -0.2) is 0 Å². The van der Waals surface area contributed by atoms with Crippen molar-refractivity contribution >= 4 is 0 Å². The molecule has 27 heavy (non-hydrogen) atoms. The smallest absolute Gasteiger partial charge is 0.184 e. The number of hydrogen-bond donors (Lipinski definition) is 0. The van der Waals surface area contributed by atoms with Crippen LogP contribution >= 0.6 is 0 Å². The molecule has 0 unspecified atom stereocenters. The lowest BCUT2D eigenvalue weighted by molar-refractivity contribution is -0.161. The molecule has 3 aromatic carbocycles. The van der Waals surface area contributed by atoms with Crippen LogP contribution in [0, 0.1) is 0 Å². The fraction of sp³-hybridized carbons (Fsp3) is 0.280. The first-order chi connectivity index (χ1) is 13.3. The van der Waals surface area contributed by atoms with Crippen LogP contribution in [0.1, 0.15) is 49.3 Å². The molecule has 2 heteroatoms. The Labute approximate surface area is 163 Å². The Morgan fingerprint density at radius 2 is 1.04 bits per heavy atom. The molecule has 0 fully saturated rings. The number of aryl methyl sites for hydroxylation is 1. The lowest BCUT2D eigenvalue weighted by Gasteiger charge is -2.19. The van der Waals surface area contributed by atoms with E-state index in [9.17, 15) is 0 Å². The van der Waals surface area contributed by atoms with Gasteiger partial charge in [0.1, 0.15) is 0 Å². The van der Waals surface area contributed by atoms with Gasteiger partial charge in [0.15, 0.2) is 6.29 Å². The molecule has 2 nitrogen and oxygen atoms in total. The average molecular weight is 363 g/mol. The first-order valence-electron chi connectivity index (χ1n) is 9.75. The summed E-state index contributed by atoms with van der Waals surface area (Å²) >= 11 is 0. The molecule has 142 valence electrons. The highest BCUT2D eigenvalue weighted by molar-refractivity contribution is 5.24. The molecule has 0 heterocycles. The molecule has 0 atom stereocenters. The Morgan fingerprint density at radius 3 is 1.44 bits per heavy atom. The second-order valence-electron chi connectivity index (χ2n) is 6.02. The van der Waals surface area contributed by atoms with Gasteiger partial charge in [-0.1, -0.05) is 106 Å². The summed E-state index contributed by atoms with van der Waals surface area (Å²) in [7, 11) is 0. The molecule has 0 saturated carbocycles. The Morgan fingerprint density at radius 1 is 0.593 bits per heavy atom. The summed E-state index contributed by atoms with van der Waals surface area (Å²) in [6.07, 6.45) is 0.645. The highest BCUT2D eigenvalue weighted by atomic mass is 16.7. The summed E-state index contributed by atoms with van der Waals surface area (Å²) in [6.45, 7) is 7.20. The molecule has 0 N–H and O–H groups in total. The SMILES string of the molecule is CC.CCc1ccc(C(OCc2ccccc2)OCc2ccccc2)cc1. The van der Waals surface area contributed by atoms with Crippen LogP contribution in [0.3, 0.4) is 0 Å². The van der Waals surface area contributed by atoms with Crippen molar-refractivity contribution in [1.29, 1.82) is 0 Å². The van der Waals surface area contributed by atoms with Gasteiger partial charge in [-0.15, -0.1) is 0 Å². The summed E-state index contributed by atoms with van der Waals surface area (Å²) in [5.74, 6) is 0. The van der Waals surface area contributed by atoms with Crippen LogP contribution in [0.15, 0.2) is 84.9 Å². The van der Waals surface area contributed by atoms with E-state index in [2.05, 4.69) is 55.5 Å². The molecule has 0 radical (unpaired) electrons. The van der Waals surface area contributed by atoms with Gasteiger partial charge >= 0.3 is 0 Å². The van der Waals surface area contributed by atoms with Crippen molar-refractivity contribution in [1.82, 2.24) is 0 Å². The van der Waals surface area contributed by atoms with Crippen LogP contribution in [0.2, 0.25) is 0 Å². The Kier molecular flexibility index (Phi) is 9.33. The molecule has 0 aliphatic rings. The highest BCUT2D eigenvalue weighted by Gasteiger charge is 2.13. The minimum Gasteiger partial charge on any atom is -0.344 e. The van der Waals surface area contributed by atoms with Crippen molar-refractivity contribution in [2.24, 2.45) is 0 Å². The first kappa shape index (κ1) is 20.9. The van der Waals surface area contributed by atoms with Crippen LogP contribution in [-0.2, 0) is 29.1 Å². The van der Waals surface area contributed by atoms with Crippen molar-refractivity contribution in [3.63, 3.8) is 0 Å². The van der Waals surface area contributed by atoms with E-state index in [1.165, 1.54) is 5.56 Å². The van der Waals surface area contributed by atoms with Crippen molar-refractivity contribution in [3.05, 3.63) is 107 Å². The van der Waals surface area contributed by atoms with Crippen LogP contribution in [0.25, 0.3) is 0 Å². The Bertz CT molecular complexity index is 693. The maximum absolute atomic E-state index is 6.09. The third-order valence-electron chi connectivity index (χ3n) is 4.15. The standard InChI is InChI=1S/C23H24O2.C2H6/c1-2-19-13-15-22(16-14-19)23(24-17-20-9-5-3-6-10-20)25-18-21-11-7-4-8-12-21;1-2/h3-16,23H,2,17-18H2,1H3;1-2H3. The molecule has 0 saturated heterocycles. The minimum absolute atomic E-state index is 0.383. The molecule has 0 aliphatic heterocycles. The van der Waals surface area contributed by atoms with Crippen molar-refractivity contribution in [3.8, 4) is 0 Å². The van der Waals surface area contributed by atoms with Crippen molar-refractivity contribution in [2.45, 2.75) is 46.7 Å². The summed E-state index contributed by atoms with van der Waals surface area (Å²) in [5.41, 5.74) is 4.64.